The van der Waals surface area contributed by atoms with Crippen LogP contribution in [0.4, 0.5) is 0 Å². The highest BCUT2D eigenvalue weighted by Crippen LogP contribution is 2.33. The Balaban J connectivity index is 1.52. The summed E-state index contributed by atoms with van der Waals surface area (Å²) in [5.74, 6) is -0.301. The number of nitrogens with one attached hydrogen (secondary N) is 1. The van der Waals surface area contributed by atoms with Gasteiger partial charge in [0.2, 0.25) is 5.91 Å². The summed E-state index contributed by atoms with van der Waals surface area (Å²) in [6.45, 7) is 1.62. The highest BCUT2D eigenvalue weighted by molar-refractivity contribution is 5.76. The van der Waals surface area contributed by atoms with Crippen LogP contribution in [0.1, 0.15) is 181 Å². The summed E-state index contributed by atoms with van der Waals surface area (Å²) < 4.78 is 34.3. The third kappa shape index (κ3) is 27.2. The molecule has 3 heterocycles. The normalized spacial score (nSPS) is 30.7. The van der Waals surface area contributed by atoms with Gasteiger partial charge in [-0.1, -0.05) is 184 Å². The van der Waals surface area contributed by atoms with Crippen molar-refractivity contribution in [2.45, 2.75) is 285 Å². The molecule has 0 aromatic carbocycles. The van der Waals surface area contributed by atoms with Crippen molar-refractivity contribution in [1.82, 2.24) is 5.32 Å². The van der Waals surface area contributed by atoms with Crippen molar-refractivity contribution in [1.29, 1.82) is 0 Å². The Labute approximate surface area is 471 Å². The number of allylic oxidation sites excluding steroid dienone is 10. The van der Waals surface area contributed by atoms with Crippen LogP contribution in [0, 0.1) is 0 Å². The molecule has 3 rings (SSSR count). The van der Waals surface area contributed by atoms with Crippen LogP contribution < -0.4 is 5.32 Å². The highest BCUT2D eigenvalue weighted by Gasteiger charge is 2.53. The quantitative estimate of drug-likeness (QED) is 0.0274. The monoisotopic (exact) mass is 1130 g/mol. The maximum Gasteiger partial charge on any atom is 0.220 e. The lowest BCUT2D eigenvalue weighted by molar-refractivity contribution is -0.379. The summed E-state index contributed by atoms with van der Waals surface area (Å²) in [6.07, 6.45) is 21.7. The van der Waals surface area contributed by atoms with E-state index < -0.39 is 124 Å². The molecule has 3 fully saturated rings. The van der Waals surface area contributed by atoms with Crippen LogP contribution in [0.15, 0.2) is 60.8 Å². The Morgan fingerprint density at radius 1 is 0.468 bits per heavy atom. The first-order valence-electron chi connectivity index (χ1n) is 30.0. The first-order valence-corrected chi connectivity index (χ1v) is 30.0. The smallest absolute Gasteiger partial charge is 0.220 e. The van der Waals surface area contributed by atoms with Gasteiger partial charge in [0, 0.05) is 6.42 Å². The summed E-state index contributed by atoms with van der Waals surface area (Å²) in [5, 5.41) is 120. The molecule has 12 N–H and O–H groups in total. The molecule has 19 heteroatoms. The van der Waals surface area contributed by atoms with Gasteiger partial charge in [0.15, 0.2) is 18.9 Å². The molecule has 3 aliphatic rings. The van der Waals surface area contributed by atoms with Gasteiger partial charge in [-0.15, -0.1) is 0 Å². The molecule has 0 saturated carbocycles. The lowest BCUT2D eigenvalue weighted by Gasteiger charge is -2.48. The van der Waals surface area contributed by atoms with Gasteiger partial charge >= 0.3 is 0 Å². The van der Waals surface area contributed by atoms with Gasteiger partial charge in [-0.3, -0.25) is 4.79 Å². The summed E-state index contributed by atoms with van der Waals surface area (Å²) in [7, 11) is 0. The molecule has 0 aromatic rings. The standard InChI is InChI=1S/C60H105NO18/c1-3-5-7-9-11-13-15-17-19-21-23-25-27-29-31-33-35-37-44(65)43(61-48(66)38-36-34-32-30-28-26-24-22-20-18-16-14-12-10-8-6-4-2)42-74-58-54(72)51(69)56(46(40-63)76-58)79-60-55(73)52(70)57(47(41-64)77-60)78-59-53(71)50(68)49(67)45(39-62)75-59/h6,8,12,14,18,20,24,26,30,32,43-47,49-60,62-65,67-73H,3-5,7,9-11,13,15-17,19,21-23,25,27-29,31,33-42H2,1-2H3,(H,61,66)/b8-6-,14-12-,20-18-,26-24-,32-30-. The Morgan fingerprint density at radius 2 is 0.861 bits per heavy atom. The summed E-state index contributed by atoms with van der Waals surface area (Å²) >= 11 is 0. The van der Waals surface area contributed by atoms with Crippen molar-refractivity contribution in [3.8, 4) is 0 Å². The SMILES string of the molecule is CC/C=C\C/C=C\C/C=C\C/C=C\C/C=C\CCCC(=O)NC(COC1OC(CO)C(OC2OC(CO)C(OC3OC(CO)C(O)C(O)C3O)C(O)C2O)C(O)C1O)C(O)CCCCCCCCCCCCCCCCCCC. The van der Waals surface area contributed by atoms with Crippen LogP contribution >= 0.6 is 0 Å². The Kier molecular flexibility index (Phi) is 38.7. The van der Waals surface area contributed by atoms with Gasteiger partial charge in [0.25, 0.3) is 0 Å². The lowest BCUT2D eigenvalue weighted by atomic mass is 9.96. The molecule has 3 aliphatic heterocycles. The second-order valence-corrected chi connectivity index (χ2v) is 21.4. The van der Waals surface area contributed by atoms with Gasteiger partial charge in [0.1, 0.15) is 73.2 Å². The Morgan fingerprint density at radius 3 is 1.32 bits per heavy atom. The van der Waals surface area contributed by atoms with E-state index in [1.165, 1.54) is 83.5 Å². The average molecular weight is 1130 g/mol. The fourth-order valence-corrected chi connectivity index (χ4v) is 9.94. The zero-order valence-electron chi connectivity index (χ0n) is 47.6. The number of aliphatic hydroxyl groups is 11. The fourth-order valence-electron chi connectivity index (χ4n) is 9.94. The van der Waals surface area contributed by atoms with Crippen molar-refractivity contribution >= 4 is 5.91 Å². The maximum atomic E-state index is 13.3. The number of ether oxygens (including phenoxy) is 6. The van der Waals surface area contributed by atoms with Crippen molar-refractivity contribution in [2.75, 3.05) is 26.4 Å². The molecular weight excluding hydrogens is 1020 g/mol. The predicted molar refractivity (Wildman–Crippen MR) is 300 cm³/mol. The molecule has 458 valence electrons. The minimum absolute atomic E-state index is 0.186. The van der Waals surface area contributed by atoms with Gasteiger partial charge in [0.05, 0.1) is 38.6 Å². The summed E-state index contributed by atoms with van der Waals surface area (Å²) in [4.78, 5) is 13.3. The van der Waals surface area contributed by atoms with Crippen molar-refractivity contribution in [3.05, 3.63) is 60.8 Å². The van der Waals surface area contributed by atoms with Crippen molar-refractivity contribution < 1.29 is 89.4 Å². The largest absolute Gasteiger partial charge is 0.394 e. The van der Waals surface area contributed by atoms with E-state index in [0.717, 1.165) is 51.4 Å². The number of hydrogen-bond donors (Lipinski definition) is 12. The van der Waals surface area contributed by atoms with E-state index in [2.05, 4.69) is 73.8 Å². The molecule has 0 bridgehead atoms. The van der Waals surface area contributed by atoms with E-state index in [4.69, 9.17) is 28.4 Å². The van der Waals surface area contributed by atoms with Crippen LogP contribution in [-0.4, -0.2) is 193 Å². The third-order valence-electron chi connectivity index (χ3n) is 14.9. The zero-order chi connectivity index (χ0) is 57.6. The number of carbonyl (C=O) groups is 1. The maximum absolute atomic E-state index is 13.3. The van der Waals surface area contributed by atoms with Crippen LogP contribution in [0.2, 0.25) is 0 Å². The minimum Gasteiger partial charge on any atom is -0.394 e. The molecule has 0 aliphatic carbocycles. The molecule has 17 atom stereocenters. The van der Waals surface area contributed by atoms with E-state index in [0.29, 0.717) is 25.7 Å². The van der Waals surface area contributed by atoms with E-state index in [9.17, 15) is 61.0 Å². The van der Waals surface area contributed by atoms with E-state index in [1.54, 1.807) is 0 Å². The second-order valence-electron chi connectivity index (χ2n) is 21.4. The lowest BCUT2D eigenvalue weighted by Crippen LogP contribution is -2.66. The predicted octanol–water partition coefficient (Wildman–Crippen LogP) is 5.26. The zero-order valence-corrected chi connectivity index (χ0v) is 47.6. The number of aliphatic hydroxyl groups excluding tert-OH is 11. The molecule has 19 nitrogen and oxygen atoms in total. The highest BCUT2D eigenvalue weighted by atomic mass is 16.8. The van der Waals surface area contributed by atoms with Crippen LogP contribution in [0.5, 0.6) is 0 Å². The van der Waals surface area contributed by atoms with E-state index >= 15 is 0 Å². The fraction of sp³-hybridized carbons (Fsp3) is 0.817. The molecule has 0 spiro atoms. The van der Waals surface area contributed by atoms with Gasteiger partial charge in [-0.25, -0.2) is 0 Å². The number of unbranched alkanes of at least 4 members (excludes halogenated alkanes) is 17. The molecule has 17 unspecified atom stereocenters. The van der Waals surface area contributed by atoms with Gasteiger partial charge in [-0.2, -0.15) is 0 Å². The van der Waals surface area contributed by atoms with Crippen molar-refractivity contribution in [2.24, 2.45) is 0 Å². The second kappa shape index (κ2) is 43.2. The number of amides is 1. The molecule has 3 saturated heterocycles. The molecular formula is C60H105NO18. The first-order chi connectivity index (χ1) is 38.3. The number of rotatable bonds is 43. The Bertz CT molecular complexity index is 1680. The third-order valence-corrected chi connectivity index (χ3v) is 14.9. The van der Waals surface area contributed by atoms with E-state index in [1.807, 2.05) is 6.08 Å². The summed E-state index contributed by atoms with van der Waals surface area (Å²) in [5.41, 5.74) is 0. The Hall–Kier alpha value is -2.51. The average Bonchev–Trinajstić information content (AvgIpc) is 3.54. The molecule has 0 radical (unpaired) electrons. The van der Waals surface area contributed by atoms with Crippen molar-refractivity contribution in [3.63, 3.8) is 0 Å². The minimum atomic E-state index is -1.98. The molecule has 1 amide bonds. The molecule has 0 aromatic heterocycles. The topological polar surface area (TPSA) is 307 Å². The van der Waals surface area contributed by atoms with Gasteiger partial charge in [-0.05, 0) is 51.4 Å². The summed E-state index contributed by atoms with van der Waals surface area (Å²) in [6, 6.07) is -0.919. The van der Waals surface area contributed by atoms with Crippen LogP contribution in [-0.2, 0) is 33.2 Å². The van der Waals surface area contributed by atoms with Crippen LogP contribution in [0.3, 0.4) is 0 Å². The first kappa shape index (κ1) is 70.8. The van der Waals surface area contributed by atoms with Gasteiger partial charge < -0.3 is 89.9 Å². The van der Waals surface area contributed by atoms with E-state index in [-0.39, 0.29) is 18.9 Å². The molecule has 79 heavy (non-hydrogen) atoms. The number of carbonyl (C=O) groups excluding carboxylic acids is 1. The van der Waals surface area contributed by atoms with Crippen LogP contribution in [0.25, 0.3) is 0 Å². The number of hydrogen-bond acceptors (Lipinski definition) is 18.